The van der Waals surface area contributed by atoms with Gasteiger partial charge >= 0.3 is 0 Å². The van der Waals surface area contributed by atoms with Gasteiger partial charge in [-0.1, -0.05) is 37.3 Å². The third-order valence-electron chi connectivity index (χ3n) is 8.32. The van der Waals surface area contributed by atoms with Crippen LogP contribution in [-0.4, -0.2) is 118 Å². The van der Waals surface area contributed by atoms with E-state index in [9.17, 15) is 14.4 Å². The topological polar surface area (TPSA) is 160 Å². The Bertz CT molecular complexity index is 1180. The summed E-state index contributed by atoms with van der Waals surface area (Å²) in [6.07, 6.45) is 2.12. The van der Waals surface area contributed by atoms with Gasteiger partial charge in [-0.3, -0.25) is 14.4 Å². The van der Waals surface area contributed by atoms with Crippen LogP contribution in [-0.2, 0) is 39.9 Å². The zero-order valence-corrected chi connectivity index (χ0v) is 39.8. The maximum atomic E-state index is 11.4. The number of carbonyl (C=O) groups is 3. The lowest BCUT2D eigenvalue weighted by molar-refractivity contribution is -0.131. The van der Waals surface area contributed by atoms with Gasteiger partial charge in [-0.05, 0) is 143 Å². The SMILES string of the molecule is CC(C)(C)OCC(=O)NCc1ccccc1.CCC(C)(C)NC.CNC(C)(C)CCOCCNC(=O)COC(C)(C)C.CNC(C)(C)CNC(=O)COC(C)(C)C. The van der Waals surface area contributed by atoms with Gasteiger partial charge in [-0.15, -0.1) is 0 Å². The molecule has 13 heteroatoms. The van der Waals surface area contributed by atoms with E-state index >= 15 is 0 Å². The van der Waals surface area contributed by atoms with Gasteiger partial charge in [0.25, 0.3) is 0 Å². The molecule has 0 spiro atoms. The monoisotopic (exact) mass is 813 g/mol. The average Bonchev–Trinajstić information content (AvgIpc) is 3.12. The van der Waals surface area contributed by atoms with E-state index in [1.54, 1.807) is 0 Å². The number of ether oxygens (including phenoxy) is 4. The van der Waals surface area contributed by atoms with E-state index in [2.05, 4.69) is 66.5 Å². The molecule has 57 heavy (non-hydrogen) atoms. The maximum absolute atomic E-state index is 11.4. The second-order valence-corrected chi connectivity index (χ2v) is 18.7. The molecule has 0 fully saturated rings. The first-order chi connectivity index (χ1) is 25.9. The van der Waals surface area contributed by atoms with Crippen molar-refractivity contribution in [1.82, 2.24) is 31.9 Å². The number of carbonyl (C=O) groups excluding carboxylic acids is 3. The number of likely N-dealkylation sites (N-methyl/N-ethyl adjacent to an activating group) is 1. The van der Waals surface area contributed by atoms with E-state index in [1.165, 1.54) is 6.42 Å². The number of hydrogen-bond donors (Lipinski definition) is 6. The van der Waals surface area contributed by atoms with Crippen LogP contribution in [0.1, 0.15) is 129 Å². The Balaban J connectivity index is -0.000000711. The first-order valence-corrected chi connectivity index (χ1v) is 20.3. The van der Waals surface area contributed by atoms with Crippen molar-refractivity contribution in [1.29, 1.82) is 0 Å². The average molecular weight is 813 g/mol. The smallest absolute Gasteiger partial charge is 0.246 e. The summed E-state index contributed by atoms with van der Waals surface area (Å²) >= 11 is 0. The molecule has 0 saturated carbocycles. The summed E-state index contributed by atoms with van der Waals surface area (Å²) in [6, 6.07) is 9.81. The fraction of sp³-hybridized carbons (Fsp3) is 0.795. The summed E-state index contributed by atoms with van der Waals surface area (Å²) in [5.74, 6) is -0.263. The van der Waals surface area contributed by atoms with Crippen LogP contribution in [0.3, 0.4) is 0 Å². The highest BCUT2D eigenvalue weighted by Crippen LogP contribution is 2.09. The van der Waals surface area contributed by atoms with Crippen LogP contribution in [0.15, 0.2) is 30.3 Å². The first kappa shape index (κ1) is 58.7. The fourth-order valence-electron chi connectivity index (χ4n) is 3.20. The standard InChI is InChI=1S/C14H30N2O3.C13H19NO2.C11H24N2O2.C6H15N/c1-13(2,3)19-11-12(17)16-8-10-18-9-7-14(4,5)15-6;1-13(2,3)16-10-12(15)14-9-11-7-5-4-6-8-11;1-10(2,3)15-7-9(14)13-8-11(4,5)12-6;1-5-6(2,3)7-4/h15H,7-11H2,1-6H3,(H,16,17);4-8H,9-10H2,1-3H3,(H,14,15);12H,7-8H2,1-6H3,(H,13,14);7H,5H2,1-4H3. The Hall–Kier alpha value is -2.65. The molecule has 1 rings (SSSR count). The summed E-state index contributed by atoms with van der Waals surface area (Å²) in [5.41, 5.74) is 0.597. The third-order valence-corrected chi connectivity index (χ3v) is 8.32. The predicted molar refractivity (Wildman–Crippen MR) is 237 cm³/mol. The molecule has 0 aliphatic carbocycles. The fourth-order valence-corrected chi connectivity index (χ4v) is 3.20. The molecule has 1 aromatic rings. The lowest BCUT2D eigenvalue weighted by Gasteiger charge is -2.25. The molecule has 0 heterocycles. The van der Waals surface area contributed by atoms with Gasteiger partial charge in [0.1, 0.15) is 19.8 Å². The largest absolute Gasteiger partial charge is 0.380 e. The zero-order chi connectivity index (χ0) is 45.0. The molecule has 0 bridgehead atoms. The van der Waals surface area contributed by atoms with Crippen LogP contribution in [0.25, 0.3) is 0 Å². The minimum atomic E-state index is -0.285. The van der Waals surface area contributed by atoms with Crippen LogP contribution < -0.4 is 31.9 Å². The van der Waals surface area contributed by atoms with Crippen LogP contribution >= 0.6 is 0 Å². The summed E-state index contributed by atoms with van der Waals surface area (Å²) in [6.45, 7) is 35.4. The van der Waals surface area contributed by atoms with Gasteiger partial charge < -0.3 is 50.8 Å². The molecule has 1 aromatic carbocycles. The molecule has 336 valence electrons. The molecule has 0 radical (unpaired) electrons. The lowest BCUT2D eigenvalue weighted by Crippen LogP contribution is -2.48. The molecule has 6 N–H and O–H groups in total. The van der Waals surface area contributed by atoms with Crippen LogP contribution in [0.5, 0.6) is 0 Å². The highest BCUT2D eigenvalue weighted by Gasteiger charge is 2.18. The van der Waals surface area contributed by atoms with Crippen molar-refractivity contribution in [2.24, 2.45) is 0 Å². The third kappa shape index (κ3) is 44.3. The summed E-state index contributed by atoms with van der Waals surface area (Å²) in [5, 5.41) is 17.9. The molecule has 3 amide bonds. The van der Waals surface area contributed by atoms with Gasteiger partial charge in [-0.25, -0.2) is 0 Å². The maximum Gasteiger partial charge on any atom is 0.246 e. The van der Waals surface area contributed by atoms with Gasteiger partial charge in [0.05, 0.1) is 23.4 Å². The molecule has 0 unspecified atom stereocenters. The van der Waals surface area contributed by atoms with Crippen molar-refractivity contribution in [2.75, 3.05) is 67.3 Å². The van der Waals surface area contributed by atoms with E-state index in [0.29, 0.717) is 38.4 Å². The minimum absolute atomic E-state index is 0.0757. The van der Waals surface area contributed by atoms with Crippen LogP contribution in [0.2, 0.25) is 0 Å². The van der Waals surface area contributed by atoms with Gasteiger partial charge in [0, 0.05) is 42.9 Å². The van der Waals surface area contributed by atoms with E-state index in [4.69, 9.17) is 18.9 Å². The molecule has 0 atom stereocenters. The number of benzene rings is 1. The van der Waals surface area contributed by atoms with Crippen molar-refractivity contribution >= 4 is 17.7 Å². The summed E-state index contributed by atoms with van der Waals surface area (Å²) in [7, 11) is 5.80. The Morgan fingerprint density at radius 3 is 1.30 bits per heavy atom. The Morgan fingerprint density at radius 1 is 0.526 bits per heavy atom. The van der Waals surface area contributed by atoms with Crippen molar-refractivity contribution in [3.8, 4) is 0 Å². The van der Waals surface area contributed by atoms with Gasteiger partial charge in [0.2, 0.25) is 17.7 Å². The Kier molecular flexibility index (Phi) is 30.4. The lowest BCUT2D eigenvalue weighted by atomic mass is 10.0. The first-order valence-electron chi connectivity index (χ1n) is 20.3. The number of amides is 3. The predicted octanol–water partition coefficient (Wildman–Crippen LogP) is 5.75. The van der Waals surface area contributed by atoms with E-state index < -0.39 is 0 Å². The van der Waals surface area contributed by atoms with Crippen LogP contribution in [0, 0.1) is 0 Å². The highest BCUT2D eigenvalue weighted by molar-refractivity contribution is 5.78. The Morgan fingerprint density at radius 2 is 0.930 bits per heavy atom. The molecular formula is C44H88N6O7. The van der Waals surface area contributed by atoms with Crippen molar-refractivity contribution < 1.29 is 33.3 Å². The zero-order valence-electron chi connectivity index (χ0n) is 39.8. The summed E-state index contributed by atoms with van der Waals surface area (Å²) in [4.78, 5) is 34.2. The molecule has 0 aliphatic rings. The van der Waals surface area contributed by atoms with Crippen molar-refractivity contribution in [3.05, 3.63) is 35.9 Å². The normalized spacial score (nSPS) is 12.1. The molecule has 0 saturated heterocycles. The number of hydrogen-bond acceptors (Lipinski definition) is 10. The number of rotatable bonds is 20. The molecule has 0 aromatic heterocycles. The van der Waals surface area contributed by atoms with E-state index in [0.717, 1.165) is 12.0 Å². The number of nitrogens with one attached hydrogen (secondary N) is 6. The molecule has 13 nitrogen and oxygen atoms in total. The van der Waals surface area contributed by atoms with E-state index in [-0.39, 0.29) is 65.4 Å². The second kappa shape index (κ2) is 29.5. The van der Waals surface area contributed by atoms with Gasteiger partial charge in [-0.2, -0.15) is 0 Å². The van der Waals surface area contributed by atoms with Crippen molar-refractivity contribution in [2.45, 2.75) is 164 Å². The van der Waals surface area contributed by atoms with Crippen LogP contribution in [0.4, 0.5) is 0 Å². The van der Waals surface area contributed by atoms with Gasteiger partial charge in [0.15, 0.2) is 0 Å². The quantitative estimate of drug-likeness (QED) is 0.0896. The highest BCUT2D eigenvalue weighted by atomic mass is 16.5. The second-order valence-electron chi connectivity index (χ2n) is 18.7. The Labute approximate surface area is 349 Å². The minimum Gasteiger partial charge on any atom is -0.380 e. The summed E-state index contributed by atoms with van der Waals surface area (Å²) < 4.78 is 21.6. The van der Waals surface area contributed by atoms with Crippen molar-refractivity contribution in [3.63, 3.8) is 0 Å². The molecule has 0 aliphatic heterocycles. The van der Waals surface area contributed by atoms with E-state index in [1.807, 2.05) is 128 Å². The molecular weight excluding hydrogens is 725 g/mol.